The zero-order valence-corrected chi connectivity index (χ0v) is 12.5. The Bertz CT molecular complexity index is 823. The van der Waals surface area contributed by atoms with Crippen LogP contribution in [-0.2, 0) is 6.42 Å². The summed E-state index contributed by atoms with van der Waals surface area (Å²) < 4.78 is 2.02. The summed E-state index contributed by atoms with van der Waals surface area (Å²) in [4.78, 5) is 16.5. The molecule has 0 bridgehead atoms. The molecule has 0 aromatic carbocycles. The second kappa shape index (κ2) is 5.27. The van der Waals surface area contributed by atoms with E-state index in [2.05, 4.69) is 28.5 Å². The number of hydrazine groups is 1. The summed E-state index contributed by atoms with van der Waals surface area (Å²) in [6, 6.07) is 6.08. The third-order valence-corrected chi connectivity index (χ3v) is 3.96. The summed E-state index contributed by atoms with van der Waals surface area (Å²) >= 11 is 0. The highest BCUT2D eigenvalue weighted by Gasteiger charge is 2.23. The van der Waals surface area contributed by atoms with Crippen molar-refractivity contribution in [2.24, 2.45) is 16.8 Å². The number of hydrogen-bond acceptors (Lipinski definition) is 5. The maximum absolute atomic E-state index is 11.9. The van der Waals surface area contributed by atoms with E-state index in [1.807, 2.05) is 17.6 Å². The highest BCUT2D eigenvalue weighted by molar-refractivity contribution is 5.93. The number of nitrogen functional groups attached to an aromatic ring is 1. The number of carbonyl (C=O) groups is 1. The number of pyridine rings is 2. The number of aromatic nitrogens is 2. The van der Waals surface area contributed by atoms with Crippen LogP contribution in [0.5, 0.6) is 0 Å². The Morgan fingerprint density at radius 1 is 1.50 bits per heavy atom. The zero-order chi connectivity index (χ0) is 15.9. The minimum absolute atomic E-state index is 0.197. The molecule has 0 fully saturated rings. The van der Waals surface area contributed by atoms with Crippen LogP contribution in [0.4, 0.5) is 0 Å². The lowest BCUT2D eigenvalue weighted by atomic mass is 9.96. The third-order valence-electron chi connectivity index (χ3n) is 3.96. The maximum Gasteiger partial charge on any atom is 0.268 e. The normalized spacial score (nSPS) is 16.9. The first-order valence-electron chi connectivity index (χ1n) is 7.03. The molecule has 0 saturated carbocycles. The van der Waals surface area contributed by atoms with Gasteiger partial charge in [0, 0.05) is 17.9 Å². The van der Waals surface area contributed by atoms with Crippen molar-refractivity contribution in [3.05, 3.63) is 46.6 Å². The van der Waals surface area contributed by atoms with Crippen molar-refractivity contribution in [3.8, 4) is 11.4 Å². The number of nitrogens with zero attached hydrogens (tertiary/aromatic N) is 3. The fourth-order valence-corrected chi connectivity index (χ4v) is 2.86. The third kappa shape index (κ3) is 2.15. The van der Waals surface area contributed by atoms with Gasteiger partial charge in [0.25, 0.3) is 5.91 Å². The van der Waals surface area contributed by atoms with Gasteiger partial charge in [0.05, 0.1) is 22.3 Å². The molecule has 1 aliphatic rings. The number of hydrogen-bond donors (Lipinski definition) is 3. The fraction of sp³-hybridized carbons (Fsp3) is 0.267. The van der Waals surface area contributed by atoms with Gasteiger partial charge >= 0.3 is 0 Å². The van der Waals surface area contributed by atoms with Crippen LogP contribution in [0.3, 0.4) is 0 Å². The van der Waals surface area contributed by atoms with E-state index in [-0.39, 0.29) is 6.04 Å². The first-order valence-corrected chi connectivity index (χ1v) is 7.03. The van der Waals surface area contributed by atoms with E-state index in [0.29, 0.717) is 10.9 Å². The van der Waals surface area contributed by atoms with E-state index in [1.54, 1.807) is 12.3 Å². The van der Waals surface area contributed by atoms with E-state index in [4.69, 9.17) is 11.7 Å². The van der Waals surface area contributed by atoms with Crippen molar-refractivity contribution < 1.29 is 4.79 Å². The summed E-state index contributed by atoms with van der Waals surface area (Å²) in [6.45, 7) is 4.04. The SMILES string of the molecule is Cc1ccc2c(n1)-c1cc(=NN)c(C(=O)NN)cn1C(C)C2. The van der Waals surface area contributed by atoms with Crippen LogP contribution in [0.15, 0.2) is 29.5 Å². The lowest BCUT2D eigenvalue weighted by molar-refractivity contribution is 0.0951. The highest BCUT2D eigenvalue weighted by Crippen LogP contribution is 2.32. The lowest BCUT2D eigenvalue weighted by Gasteiger charge is -2.28. The first-order chi connectivity index (χ1) is 10.5. The maximum atomic E-state index is 11.9. The van der Waals surface area contributed by atoms with Crippen molar-refractivity contribution in [1.29, 1.82) is 0 Å². The van der Waals surface area contributed by atoms with Gasteiger partial charge in [-0.1, -0.05) is 6.07 Å². The van der Waals surface area contributed by atoms with Gasteiger partial charge in [-0.25, -0.2) is 5.84 Å². The first kappa shape index (κ1) is 14.3. The molecule has 114 valence electrons. The van der Waals surface area contributed by atoms with Crippen molar-refractivity contribution >= 4 is 5.91 Å². The smallest absolute Gasteiger partial charge is 0.268 e. The molecule has 1 atom stereocenters. The molecular formula is C15H18N6O. The Balaban J connectivity index is 2.31. The molecule has 7 heteroatoms. The Labute approximate surface area is 127 Å². The minimum Gasteiger partial charge on any atom is -0.342 e. The number of nitrogens with two attached hydrogens (primary N) is 2. The molecule has 2 aromatic rings. The average molecular weight is 298 g/mol. The second-order valence-electron chi connectivity index (χ2n) is 5.48. The van der Waals surface area contributed by atoms with Gasteiger partial charge in [-0.3, -0.25) is 15.2 Å². The summed E-state index contributed by atoms with van der Waals surface area (Å²) in [5.41, 5.74) is 6.39. The Kier molecular flexibility index (Phi) is 3.42. The van der Waals surface area contributed by atoms with Crippen LogP contribution in [0.1, 0.15) is 34.6 Å². The van der Waals surface area contributed by atoms with E-state index in [9.17, 15) is 4.79 Å². The molecule has 0 radical (unpaired) electrons. The largest absolute Gasteiger partial charge is 0.342 e. The van der Waals surface area contributed by atoms with Crippen molar-refractivity contribution in [2.75, 3.05) is 0 Å². The van der Waals surface area contributed by atoms with Gasteiger partial charge in [-0.15, -0.1) is 0 Å². The molecule has 3 rings (SSSR count). The number of amides is 1. The molecule has 0 aliphatic carbocycles. The quantitative estimate of drug-likeness (QED) is 0.401. The molecule has 3 heterocycles. The summed E-state index contributed by atoms with van der Waals surface area (Å²) in [6.07, 6.45) is 2.59. The summed E-state index contributed by atoms with van der Waals surface area (Å²) in [5.74, 6) is 10.2. The van der Waals surface area contributed by atoms with Gasteiger partial charge in [0.2, 0.25) is 0 Å². The van der Waals surface area contributed by atoms with Gasteiger partial charge in [-0.05, 0) is 38.0 Å². The molecule has 0 spiro atoms. The Morgan fingerprint density at radius 3 is 2.95 bits per heavy atom. The summed E-state index contributed by atoms with van der Waals surface area (Å²) in [5, 5.41) is 4.10. The van der Waals surface area contributed by atoms with E-state index in [0.717, 1.165) is 23.5 Å². The Morgan fingerprint density at radius 2 is 2.27 bits per heavy atom. The lowest BCUT2D eigenvalue weighted by Crippen LogP contribution is -2.36. The van der Waals surface area contributed by atoms with Crippen molar-refractivity contribution in [1.82, 2.24) is 15.0 Å². The molecule has 1 amide bonds. The zero-order valence-electron chi connectivity index (χ0n) is 12.5. The molecule has 1 aliphatic heterocycles. The molecule has 0 saturated heterocycles. The highest BCUT2D eigenvalue weighted by atomic mass is 16.2. The number of rotatable bonds is 1. The predicted octanol–water partition coefficient (Wildman–Crippen LogP) is 0.354. The Hall–Kier alpha value is -2.67. The van der Waals surface area contributed by atoms with Crippen LogP contribution in [0.2, 0.25) is 0 Å². The van der Waals surface area contributed by atoms with Gasteiger partial charge < -0.3 is 10.4 Å². The van der Waals surface area contributed by atoms with E-state index in [1.165, 1.54) is 5.56 Å². The fourth-order valence-electron chi connectivity index (χ4n) is 2.86. The number of carbonyl (C=O) groups excluding carboxylic acids is 1. The molecular weight excluding hydrogens is 280 g/mol. The van der Waals surface area contributed by atoms with Crippen LogP contribution in [0.25, 0.3) is 11.4 Å². The minimum atomic E-state index is -0.422. The van der Waals surface area contributed by atoms with Crippen LogP contribution in [-0.4, -0.2) is 15.5 Å². The predicted molar refractivity (Wildman–Crippen MR) is 82.2 cm³/mol. The molecule has 2 aromatic heterocycles. The molecule has 1 unspecified atom stereocenters. The summed E-state index contributed by atoms with van der Waals surface area (Å²) in [7, 11) is 0. The van der Waals surface area contributed by atoms with Gasteiger partial charge in [-0.2, -0.15) is 5.10 Å². The van der Waals surface area contributed by atoms with E-state index >= 15 is 0 Å². The van der Waals surface area contributed by atoms with Crippen LogP contribution in [0, 0.1) is 6.92 Å². The van der Waals surface area contributed by atoms with Gasteiger partial charge in [0.1, 0.15) is 0 Å². The second-order valence-corrected chi connectivity index (χ2v) is 5.48. The number of nitrogens with one attached hydrogen (secondary N) is 1. The van der Waals surface area contributed by atoms with E-state index < -0.39 is 5.91 Å². The topological polar surface area (TPSA) is 111 Å². The number of fused-ring (bicyclic) bond motifs is 3. The van der Waals surface area contributed by atoms with Gasteiger partial charge in [0.15, 0.2) is 0 Å². The monoisotopic (exact) mass is 298 g/mol. The van der Waals surface area contributed by atoms with Crippen molar-refractivity contribution in [3.63, 3.8) is 0 Å². The molecule has 7 nitrogen and oxygen atoms in total. The van der Waals surface area contributed by atoms with Crippen molar-refractivity contribution in [2.45, 2.75) is 26.3 Å². The average Bonchev–Trinajstić information content (AvgIpc) is 2.53. The molecule has 22 heavy (non-hydrogen) atoms. The van der Waals surface area contributed by atoms with Crippen LogP contribution >= 0.6 is 0 Å². The number of aryl methyl sites for hydroxylation is 1. The molecule has 5 N–H and O–H groups in total. The standard InChI is InChI=1S/C15H18N6O/c1-8-3-4-10-5-9(2)21-7-11(15(22)20-17)12(19-16)6-13(21)14(10)18-8/h3-4,6-7,9H,5,16-17H2,1-2H3,(H,20,22). The van der Waals surface area contributed by atoms with Crippen LogP contribution < -0.4 is 22.5 Å².